The Hall–Kier alpha value is -3.95. The molecule has 9 heteroatoms. The van der Waals surface area contributed by atoms with Crippen molar-refractivity contribution in [3.05, 3.63) is 79.9 Å². The molecule has 43 heavy (non-hydrogen) atoms. The third kappa shape index (κ3) is 5.14. The molecule has 5 rings (SSSR count). The standard InChI is InChI=1S/C34H41N3O6/c1-5-20-35(24-12-8-7-9-13-24)30(39)27-28-31(40)37(22-10-11-23-38)29(34(28)19-18-33(27,3)43-34)32(41)36(21-6-2)25-14-16-26(42-4)17-15-25/h5-9,12-17,27-29,38H,1-2,10-11,18-23H2,3-4H3/t27-,28+,29?,33+,34?/m1/s1. The molecule has 2 aromatic rings. The number of amides is 3. The minimum atomic E-state index is -1.16. The first-order valence-corrected chi connectivity index (χ1v) is 14.9. The second-order valence-corrected chi connectivity index (χ2v) is 11.7. The highest BCUT2D eigenvalue weighted by Crippen LogP contribution is 2.63. The number of methoxy groups -OCH3 is 1. The van der Waals surface area contributed by atoms with Gasteiger partial charge in [0.25, 0.3) is 5.91 Å². The highest BCUT2D eigenvalue weighted by Gasteiger charge is 2.78. The van der Waals surface area contributed by atoms with E-state index in [4.69, 9.17) is 9.47 Å². The fourth-order valence-corrected chi connectivity index (χ4v) is 7.30. The third-order valence-corrected chi connectivity index (χ3v) is 9.19. The van der Waals surface area contributed by atoms with Crippen LogP contribution in [0.5, 0.6) is 5.75 Å². The van der Waals surface area contributed by atoms with Crippen molar-refractivity contribution in [2.45, 2.75) is 49.9 Å². The fourth-order valence-electron chi connectivity index (χ4n) is 7.30. The van der Waals surface area contributed by atoms with Gasteiger partial charge in [-0.2, -0.15) is 0 Å². The van der Waals surface area contributed by atoms with Crippen LogP contribution in [0.15, 0.2) is 79.9 Å². The number of anilines is 2. The number of unbranched alkanes of at least 4 members (excludes halogenated alkanes) is 1. The SMILES string of the molecule is C=CCN(C(=O)C1N(CCCCO)C(=O)[C@@H]2[C@H](C(=O)N(CC=C)c3ccccc3)[C@]3(C)CCC12O3)c1ccc(OC)cc1. The maximum atomic E-state index is 14.7. The summed E-state index contributed by atoms with van der Waals surface area (Å²) in [6.07, 6.45) is 5.34. The summed E-state index contributed by atoms with van der Waals surface area (Å²) in [5.74, 6) is -1.69. The van der Waals surface area contributed by atoms with Gasteiger partial charge in [-0.15, -0.1) is 13.2 Å². The second-order valence-electron chi connectivity index (χ2n) is 11.7. The van der Waals surface area contributed by atoms with Gasteiger partial charge in [-0.25, -0.2) is 0 Å². The highest BCUT2D eigenvalue weighted by atomic mass is 16.5. The third-order valence-electron chi connectivity index (χ3n) is 9.19. The van der Waals surface area contributed by atoms with Gasteiger partial charge >= 0.3 is 0 Å². The molecule has 3 amide bonds. The normalized spacial score (nSPS) is 27.1. The Morgan fingerprint density at radius 1 is 1.00 bits per heavy atom. The first-order chi connectivity index (χ1) is 20.8. The van der Waals surface area contributed by atoms with Crippen molar-refractivity contribution in [3.8, 4) is 5.75 Å². The second kappa shape index (κ2) is 12.3. The van der Waals surface area contributed by atoms with Gasteiger partial charge in [0.05, 0.1) is 24.5 Å². The smallest absolute Gasteiger partial charge is 0.253 e. The average molecular weight is 588 g/mol. The van der Waals surface area contributed by atoms with E-state index in [1.807, 2.05) is 37.3 Å². The van der Waals surface area contributed by atoms with Crippen LogP contribution in [0.3, 0.4) is 0 Å². The molecule has 2 aromatic carbocycles. The minimum Gasteiger partial charge on any atom is -0.497 e. The molecule has 3 fully saturated rings. The Morgan fingerprint density at radius 3 is 2.23 bits per heavy atom. The first kappa shape index (κ1) is 30.5. The van der Waals surface area contributed by atoms with E-state index in [-0.39, 0.29) is 44.0 Å². The molecule has 9 nitrogen and oxygen atoms in total. The Balaban J connectivity index is 1.57. The van der Waals surface area contributed by atoms with E-state index in [0.29, 0.717) is 42.8 Å². The van der Waals surface area contributed by atoms with Crippen LogP contribution in [0.1, 0.15) is 32.6 Å². The molecule has 3 saturated heterocycles. The topological polar surface area (TPSA) is 99.6 Å². The molecule has 3 aliphatic heterocycles. The molecule has 0 aromatic heterocycles. The predicted molar refractivity (Wildman–Crippen MR) is 165 cm³/mol. The molecule has 5 atom stereocenters. The molecule has 3 aliphatic rings. The number of hydrogen-bond acceptors (Lipinski definition) is 6. The number of aliphatic hydroxyl groups excluding tert-OH is 1. The molecule has 2 bridgehead atoms. The van der Waals surface area contributed by atoms with Crippen molar-refractivity contribution in [2.24, 2.45) is 11.8 Å². The first-order valence-electron chi connectivity index (χ1n) is 14.9. The zero-order chi connectivity index (χ0) is 30.8. The fraction of sp³-hybridized carbons (Fsp3) is 0.441. The predicted octanol–water partition coefficient (Wildman–Crippen LogP) is 3.97. The van der Waals surface area contributed by atoms with Crippen molar-refractivity contribution >= 4 is 29.1 Å². The van der Waals surface area contributed by atoms with Crippen LogP contribution in [-0.2, 0) is 19.1 Å². The Labute approximate surface area is 253 Å². The Bertz CT molecular complexity index is 1360. The monoisotopic (exact) mass is 587 g/mol. The summed E-state index contributed by atoms with van der Waals surface area (Å²) in [4.78, 5) is 48.4. The number of fused-ring (bicyclic) bond motifs is 1. The summed E-state index contributed by atoms with van der Waals surface area (Å²) in [7, 11) is 1.58. The van der Waals surface area contributed by atoms with Crippen molar-refractivity contribution in [3.63, 3.8) is 0 Å². The van der Waals surface area contributed by atoms with Crippen LogP contribution in [0, 0.1) is 11.8 Å². The van der Waals surface area contributed by atoms with Crippen molar-refractivity contribution in [1.82, 2.24) is 4.90 Å². The van der Waals surface area contributed by atoms with Gasteiger partial charge in [0.15, 0.2) is 0 Å². The van der Waals surface area contributed by atoms with Gasteiger partial charge in [0, 0.05) is 37.6 Å². The van der Waals surface area contributed by atoms with E-state index in [2.05, 4.69) is 13.2 Å². The van der Waals surface area contributed by atoms with Crippen molar-refractivity contribution in [2.75, 3.05) is 43.2 Å². The largest absolute Gasteiger partial charge is 0.497 e. The lowest BCUT2D eigenvalue weighted by Gasteiger charge is -2.37. The van der Waals surface area contributed by atoms with E-state index < -0.39 is 29.1 Å². The van der Waals surface area contributed by atoms with E-state index in [9.17, 15) is 19.5 Å². The Morgan fingerprint density at radius 2 is 1.63 bits per heavy atom. The maximum Gasteiger partial charge on any atom is 0.253 e. The molecule has 1 spiro atoms. The van der Waals surface area contributed by atoms with Crippen LogP contribution >= 0.6 is 0 Å². The van der Waals surface area contributed by atoms with Gasteiger partial charge in [-0.3, -0.25) is 14.4 Å². The number of ether oxygens (including phenoxy) is 2. The van der Waals surface area contributed by atoms with Gasteiger partial charge in [0.2, 0.25) is 11.8 Å². The zero-order valence-electron chi connectivity index (χ0n) is 25.0. The summed E-state index contributed by atoms with van der Waals surface area (Å²) < 4.78 is 12.1. The summed E-state index contributed by atoms with van der Waals surface area (Å²) in [6, 6.07) is 15.6. The van der Waals surface area contributed by atoms with E-state index in [0.717, 1.165) is 0 Å². The van der Waals surface area contributed by atoms with Gasteiger partial charge in [0.1, 0.15) is 17.4 Å². The number of aliphatic hydroxyl groups is 1. The van der Waals surface area contributed by atoms with Crippen LogP contribution in [-0.4, -0.2) is 78.3 Å². The number of rotatable bonds is 13. The van der Waals surface area contributed by atoms with Crippen molar-refractivity contribution < 1.29 is 29.0 Å². The van der Waals surface area contributed by atoms with Crippen LogP contribution < -0.4 is 14.5 Å². The van der Waals surface area contributed by atoms with E-state index in [1.54, 1.807) is 58.2 Å². The summed E-state index contributed by atoms with van der Waals surface area (Å²) in [5, 5.41) is 9.48. The van der Waals surface area contributed by atoms with Gasteiger partial charge < -0.3 is 29.3 Å². The summed E-state index contributed by atoms with van der Waals surface area (Å²) in [5.41, 5.74) is -0.724. The number of carbonyl (C=O) groups excluding carboxylic acids is 3. The summed E-state index contributed by atoms with van der Waals surface area (Å²) in [6.45, 7) is 10.4. The zero-order valence-corrected chi connectivity index (χ0v) is 25.0. The van der Waals surface area contributed by atoms with E-state index in [1.165, 1.54) is 0 Å². The van der Waals surface area contributed by atoms with Crippen LogP contribution in [0.25, 0.3) is 0 Å². The molecule has 0 aliphatic carbocycles. The quantitative estimate of drug-likeness (QED) is 0.281. The molecule has 3 heterocycles. The summed E-state index contributed by atoms with van der Waals surface area (Å²) >= 11 is 0. The molecule has 228 valence electrons. The Kier molecular flexibility index (Phi) is 8.76. The number of carbonyl (C=O) groups is 3. The molecular weight excluding hydrogens is 546 g/mol. The molecule has 1 N–H and O–H groups in total. The minimum absolute atomic E-state index is 0.0209. The van der Waals surface area contributed by atoms with E-state index >= 15 is 0 Å². The lowest BCUT2D eigenvalue weighted by Crippen LogP contribution is -2.56. The van der Waals surface area contributed by atoms with Gasteiger partial charge in [-0.05, 0) is 69.0 Å². The number of hydrogen-bond donors (Lipinski definition) is 1. The molecular formula is C34H41N3O6. The van der Waals surface area contributed by atoms with Gasteiger partial charge in [-0.1, -0.05) is 30.4 Å². The average Bonchev–Trinajstić information content (AvgIpc) is 3.59. The number of likely N-dealkylation sites (tertiary alicyclic amines) is 1. The lowest BCUT2D eigenvalue weighted by atomic mass is 9.66. The lowest BCUT2D eigenvalue weighted by molar-refractivity contribution is -0.144. The molecule has 2 unspecified atom stereocenters. The molecule has 0 saturated carbocycles. The molecule has 0 radical (unpaired) electrons. The maximum absolute atomic E-state index is 14.7. The number of benzene rings is 2. The van der Waals surface area contributed by atoms with Crippen molar-refractivity contribution in [1.29, 1.82) is 0 Å². The highest BCUT2D eigenvalue weighted by molar-refractivity contribution is 6.06. The number of nitrogens with zero attached hydrogens (tertiary/aromatic N) is 3. The van der Waals surface area contributed by atoms with Crippen LogP contribution in [0.4, 0.5) is 11.4 Å². The number of para-hydroxylation sites is 1. The van der Waals surface area contributed by atoms with Crippen LogP contribution in [0.2, 0.25) is 0 Å².